The van der Waals surface area contributed by atoms with Crippen molar-refractivity contribution in [2.45, 2.75) is 6.42 Å². The smallest absolute Gasteiger partial charge is 0.276 e. The molecule has 1 aromatic carbocycles. The molecule has 0 radical (unpaired) electrons. The second-order valence-electron chi connectivity index (χ2n) is 4.10. The molecule has 0 fully saturated rings. The second-order valence-corrected chi connectivity index (χ2v) is 4.48. The van der Waals surface area contributed by atoms with Gasteiger partial charge in [-0.15, -0.1) is 10.2 Å². The molecule has 1 N–H and O–H groups in total. The van der Waals surface area contributed by atoms with Crippen molar-refractivity contribution in [3.05, 3.63) is 52.8 Å². The van der Waals surface area contributed by atoms with E-state index in [0.717, 1.165) is 17.7 Å². The molecule has 20 heavy (non-hydrogen) atoms. The van der Waals surface area contributed by atoms with Gasteiger partial charge in [0.25, 0.3) is 5.91 Å². The molecule has 0 atom stereocenters. The van der Waals surface area contributed by atoms with Crippen LogP contribution in [-0.2, 0) is 11.2 Å². The molecule has 6 heteroatoms. The summed E-state index contributed by atoms with van der Waals surface area (Å²) in [6.07, 6.45) is 0.721. The standard InChI is InChI=1S/C14H14ClN3O2/c1-20-9-8-10-4-2-3-5-11(10)16-14(19)12-6-7-13(15)18-17-12/h2-7H,8-9H2,1H3,(H,16,19). The van der Waals surface area contributed by atoms with Crippen LogP contribution >= 0.6 is 11.6 Å². The number of benzene rings is 1. The summed E-state index contributed by atoms with van der Waals surface area (Å²) < 4.78 is 5.05. The number of ether oxygens (including phenoxy) is 1. The largest absolute Gasteiger partial charge is 0.384 e. The Hall–Kier alpha value is -1.98. The van der Waals surface area contributed by atoms with Gasteiger partial charge in [0.2, 0.25) is 0 Å². The SMILES string of the molecule is COCCc1ccccc1NC(=O)c1ccc(Cl)nn1. The number of nitrogens with one attached hydrogen (secondary N) is 1. The Morgan fingerprint density at radius 2 is 2.05 bits per heavy atom. The van der Waals surface area contributed by atoms with Crippen molar-refractivity contribution in [3.63, 3.8) is 0 Å². The Bertz CT molecular complexity index is 587. The number of carbonyl (C=O) groups is 1. The van der Waals surface area contributed by atoms with Gasteiger partial charge < -0.3 is 10.1 Å². The topological polar surface area (TPSA) is 64.1 Å². The van der Waals surface area contributed by atoms with Crippen molar-refractivity contribution < 1.29 is 9.53 Å². The maximum atomic E-state index is 12.1. The number of carbonyl (C=O) groups excluding carboxylic acids is 1. The van der Waals surface area contributed by atoms with E-state index in [9.17, 15) is 4.79 Å². The molecule has 104 valence electrons. The molecule has 5 nitrogen and oxygen atoms in total. The zero-order valence-corrected chi connectivity index (χ0v) is 11.7. The van der Waals surface area contributed by atoms with Crippen LogP contribution < -0.4 is 5.32 Å². The fraction of sp³-hybridized carbons (Fsp3) is 0.214. The zero-order chi connectivity index (χ0) is 14.4. The third-order valence-electron chi connectivity index (χ3n) is 2.71. The van der Waals surface area contributed by atoms with Crippen LogP contribution in [0.2, 0.25) is 5.15 Å². The predicted octanol–water partition coefficient (Wildman–Crippen LogP) is 2.57. The number of hydrogen-bond acceptors (Lipinski definition) is 4. The number of aromatic nitrogens is 2. The van der Waals surface area contributed by atoms with E-state index in [-0.39, 0.29) is 16.8 Å². The van der Waals surface area contributed by atoms with E-state index in [0.29, 0.717) is 6.61 Å². The number of anilines is 1. The fourth-order valence-electron chi connectivity index (χ4n) is 1.70. The van der Waals surface area contributed by atoms with Gasteiger partial charge in [-0.1, -0.05) is 29.8 Å². The van der Waals surface area contributed by atoms with E-state index in [1.54, 1.807) is 7.11 Å². The summed E-state index contributed by atoms with van der Waals surface area (Å²) in [5.41, 5.74) is 1.96. The number of halogens is 1. The molecule has 2 aromatic rings. The fourth-order valence-corrected chi connectivity index (χ4v) is 1.80. The van der Waals surface area contributed by atoms with Gasteiger partial charge in [0.15, 0.2) is 10.8 Å². The monoisotopic (exact) mass is 291 g/mol. The molecule has 0 bridgehead atoms. The van der Waals surface area contributed by atoms with Crippen LogP contribution in [-0.4, -0.2) is 29.8 Å². The Morgan fingerprint density at radius 3 is 2.75 bits per heavy atom. The van der Waals surface area contributed by atoms with Crippen molar-refractivity contribution in [1.29, 1.82) is 0 Å². The highest BCUT2D eigenvalue weighted by atomic mass is 35.5. The number of amides is 1. The van der Waals surface area contributed by atoms with E-state index < -0.39 is 0 Å². The first kappa shape index (κ1) is 14.4. The lowest BCUT2D eigenvalue weighted by Crippen LogP contribution is -2.15. The van der Waals surface area contributed by atoms with Gasteiger partial charge in [-0.25, -0.2) is 0 Å². The zero-order valence-electron chi connectivity index (χ0n) is 11.0. The van der Waals surface area contributed by atoms with Gasteiger partial charge in [0.05, 0.1) is 6.61 Å². The molecule has 0 unspecified atom stereocenters. The summed E-state index contributed by atoms with van der Waals surface area (Å²) >= 11 is 5.64. The molecule has 1 amide bonds. The lowest BCUT2D eigenvalue weighted by atomic mass is 10.1. The van der Waals surface area contributed by atoms with Gasteiger partial charge in [0, 0.05) is 12.8 Å². The van der Waals surface area contributed by atoms with Crippen molar-refractivity contribution in [1.82, 2.24) is 10.2 Å². The Kier molecular flexibility index (Phi) is 5.03. The van der Waals surface area contributed by atoms with E-state index in [1.807, 2.05) is 24.3 Å². The van der Waals surface area contributed by atoms with Gasteiger partial charge in [-0.05, 0) is 30.2 Å². The lowest BCUT2D eigenvalue weighted by Gasteiger charge is -2.10. The van der Waals surface area contributed by atoms with Crippen LogP contribution in [0.25, 0.3) is 0 Å². The Balaban J connectivity index is 2.13. The van der Waals surface area contributed by atoms with Crippen LogP contribution in [0.15, 0.2) is 36.4 Å². The van der Waals surface area contributed by atoms with Crippen LogP contribution in [0.1, 0.15) is 16.1 Å². The van der Waals surface area contributed by atoms with Gasteiger partial charge in [-0.3, -0.25) is 4.79 Å². The normalized spacial score (nSPS) is 10.3. The van der Waals surface area contributed by atoms with Gasteiger partial charge in [0.1, 0.15) is 0 Å². The second kappa shape index (κ2) is 6.98. The minimum absolute atomic E-state index is 0.218. The Labute approximate surface area is 121 Å². The van der Waals surface area contributed by atoms with E-state index in [2.05, 4.69) is 15.5 Å². The van der Waals surface area contributed by atoms with Crippen LogP contribution in [0, 0.1) is 0 Å². The molecule has 2 rings (SSSR count). The van der Waals surface area contributed by atoms with E-state index in [1.165, 1.54) is 12.1 Å². The minimum Gasteiger partial charge on any atom is -0.384 e. The number of nitrogens with zero attached hydrogens (tertiary/aromatic N) is 2. The summed E-state index contributed by atoms with van der Waals surface area (Å²) in [7, 11) is 1.64. The third kappa shape index (κ3) is 3.76. The summed E-state index contributed by atoms with van der Waals surface area (Å²) in [5, 5.41) is 10.5. The summed E-state index contributed by atoms with van der Waals surface area (Å²) in [5.74, 6) is -0.320. The van der Waals surface area contributed by atoms with Crippen molar-refractivity contribution >= 4 is 23.2 Å². The van der Waals surface area contributed by atoms with Crippen LogP contribution in [0.4, 0.5) is 5.69 Å². The first-order valence-corrected chi connectivity index (χ1v) is 6.46. The molecular formula is C14H14ClN3O2. The average Bonchev–Trinajstić information content (AvgIpc) is 2.47. The third-order valence-corrected chi connectivity index (χ3v) is 2.91. The molecule has 1 heterocycles. The maximum absolute atomic E-state index is 12.1. The predicted molar refractivity (Wildman–Crippen MR) is 77.0 cm³/mol. The molecule has 0 aliphatic heterocycles. The first-order valence-electron chi connectivity index (χ1n) is 6.08. The highest BCUT2D eigenvalue weighted by Crippen LogP contribution is 2.16. The summed E-state index contributed by atoms with van der Waals surface area (Å²) in [6.45, 7) is 0.591. The van der Waals surface area contributed by atoms with E-state index >= 15 is 0 Å². The molecular weight excluding hydrogens is 278 g/mol. The molecule has 0 saturated carbocycles. The summed E-state index contributed by atoms with van der Waals surface area (Å²) in [4.78, 5) is 12.1. The molecule has 0 saturated heterocycles. The highest BCUT2D eigenvalue weighted by Gasteiger charge is 2.10. The van der Waals surface area contributed by atoms with E-state index in [4.69, 9.17) is 16.3 Å². The van der Waals surface area contributed by atoms with Crippen LogP contribution in [0.3, 0.4) is 0 Å². The number of rotatable bonds is 5. The molecule has 0 aliphatic carbocycles. The molecule has 0 aliphatic rings. The lowest BCUT2D eigenvalue weighted by molar-refractivity contribution is 0.102. The van der Waals surface area contributed by atoms with Gasteiger partial charge in [-0.2, -0.15) is 0 Å². The molecule has 1 aromatic heterocycles. The quantitative estimate of drug-likeness (QED) is 0.919. The van der Waals surface area contributed by atoms with Crippen molar-refractivity contribution in [2.75, 3.05) is 19.0 Å². The highest BCUT2D eigenvalue weighted by molar-refractivity contribution is 6.29. The number of para-hydroxylation sites is 1. The molecule has 0 spiro atoms. The first-order chi connectivity index (χ1) is 9.70. The van der Waals surface area contributed by atoms with Crippen molar-refractivity contribution in [2.24, 2.45) is 0 Å². The van der Waals surface area contributed by atoms with Crippen molar-refractivity contribution in [3.8, 4) is 0 Å². The average molecular weight is 292 g/mol. The van der Waals surface area contributed by atoms with Crippen LogP contribution in [0.5, 0.6) is 0 Å². The minimum atomic E-state index is -0.320. The maximum Gasteiger partial charge on any atom is 0.276 e. The Morgan fingerprint density at radius 1 is 1.25 bits per heavy atom. The number of methoxy groups -OCH3 is 1. The summed E-state index contributed by atoms with van der Waals surface area (Å²) in [6, 6.07) is 10.6. The number of hydrogen-bond donors (Lipinski definition) is 1. The van der Waals surface area contributed by atoms with Gasteiger partial charge >= 0.3 is 0 Å².